The van der Waals surface area contributed by atoms with Crippen molar-refractivity contribution in [3.8, 4) is 17.2 Å². The second-order valence-corrected chi connectivity index (χ2v) is 5.85. The Morgan fingerprint density at radius 1 is 1.04 bits per heavy atom. The number of hydrogen-bond donors (Lipinski definition) is 2. The summed E-state index contributed by atoms with van der Waals surface area (Å²) in [6.07, 6.45) is 0.907. The Balaban J connectivity index is 0.00000261. The molecule has 0 spiro atoms. The lowest BCUT2D eigenvalue weighted by atomic mass is 10.2. The molecule has 0 aromatic heterocycles. The Labute approximate surface area is 177 Å². The molecule has 7 heteroatoms. The summed E-state index contributed by atoms with van der Waals surface area (Å²) in [4.78, 5) is 4.23. The van der Waals surface area contributed by atoms with Crippen molar-refractivity contribution in [2.24, 2.45) is 4.99 Å². The van der Waals surface area contributed by atoms with E-state index >= 15 is 0 Å². The van der Waals surface area contributed by atoms with E-state index in [2.05, 4.69) is 15.6 Å². The number of hydrogen-bond acceptors (Lipinski definition) is 4. The number of guanidine groups is 1. The number of nitrogens with zero attached hydrogens (tertiary/aromatic N) is 1. The van der Waals surface area contributed by atoms with Crippen LogP contribution < -0.4 is 24.8 Å². The van der Waals surface area contributed by atoms with Crippen LogP contribution in [0.5, 0.6) is 17.2 Å². The fourth-order valence-electron chi connectivity index (χ4n) is 2.58. The van der Waals surface area contributed by atoms with Gasteiger partial charge in [-0.3, -0.25) is 4.99 Å². The molecule has 0 aliphatic carbocycles. The van der Waals surface area contributed by atoms with Gasteiger partial charge in [0.2, 0.25) is 0 Å². The minimum atomic E-state index is 0. The molecule has 2 N–H and O–H groups in total. The molecule has 0 bridgehead atoms. The average molecular weight is 483 g/mol. The third-order valence-corrected chi connectivity index (χ3v) is 3.90. The second kappa shape index (κ2) is 11.5. The fraction of sp³-hybridized carbons (Fsp3) is 0.350. The van der Waals surface area contributed by atoms with Gasteiger partial charge >= 0.3 is 0 Å². The molecule has 0 fully saturated rings. The molecule has 3 rings (SSSR count). The zero-order chi connectivity index (χ0) is 18.0. The van der Waals surface area contributed by atoms with Crippen molar-refractivity contribution in [2.75, 3.05) is 33.4 Å². The zero-order valence-electron chi connectivity index (χ0n) is 15.4. The highest BCUT2D eigenvalue weighted by Gasteiger charge is 2.10. The van der Waals surface area contributed by atoms with Crippen LogP contribution in [0, 0.1) is 0 Å². The molecule has 1 aliphatic heterocycles. The quantitative estimate of drug-likeness (QED) is 0.286. The van der Waals surface area contributed by atoms with Gasteiger partial charge in [0.05, 0.1) is 19.8 Å². The molecule has 6 nitrogen and oxygen atoms in total. The predicted octanol–water partition coefficient (Wildman–Crippen LogP) is 3.21. The monoisotopic (exact) mass is 483 g/mol. The van der Waals surface area contributed by atoms with Crippen LogP contribution in [0.4, 0.5) is 0 Å². The van der Waals surface area contributed by atoms with E-state index in [-0.39, 0.29) is 24.0 Å². The van der Waals surface area contributed by atoms with E-state index in [0.717, 1.165) is 35.2 Å². The molecular weight excluding hydrogens is 457 g/mol. The van der Waals surface area contributed by atoms with Crippen molar-refractivity contribution in [1.82, 2.24) is 10.6 Å². The maximum absolute atomic E-state index is 5.73. The summed E-state index contributed by atoms with van der Waals surface area (Å²) in [5.74, 6) is 3.21. The topological polar surface area (TPSA) is 64.1 Å². The van der Waals surface area contributed by atoms with Crippen molar-refractivity contribution in [2.45, 2.75) is 13.0 Å². The van der Waals surface area contributed by atoms with Crippen molar-refractivity contribution in [1.29, 1.82) is 0 Å². The average Bonchev–Trinajstić information content (AvgIpc) is 2.93. The number of para-hydroxylation sites is 1. The van der Waals surface area contributed by atoms with Gasteiger partial charge < -0.3 is 24.8 Å². The normalized spacial score (nSPS) is 13.1. The van der Waals surface area contributed by atoms with Gasteiger partial charge in [-0.05, 0) is 29.8 Å². The summed E-state index contributed by atoms with van der Waals surface area (Å²) < 4.78 is 17.0. The first-order chi connectivity index (χ1) is 12.8. The third-order valence-electron chi connectivity index (χ3n) is 3.90. The predicted molar refractivity (Wildman–Crippen MR) is 118 cm³/mol. The fourth-order valence-corrected chi connectivity index (χ4v) is 2.58. The molecule has 1 heterocycles. The number of rotatable bonds is 6. The highest BCUT2D eigenvalue weighted by Crippen LogP contribution is 2.30. The summed E-state index contributed by atoms with van der Waals surface area (Å²) in [5, 5.41) is 6.53. The van der Waals surface area contributed by atoms with E-state index in [1.165, 1.54) is 0 Å². The van der Waals surface area contributed by atoms with Crippen LogP contribution in [0.2, 0.25) is 0 Å². The standard InChI is InChI=1S/C20H25N3O3.HI/c1-21-20(22-10-13-24-17-6-3-2-4-7-17)23-15-16-8-9-18-19(14-16)26-12-5-11-25-18;/h2-4,6-9,14H,5,10-13,15H2,1H3,(H2,21,22,23);1H. The SMILES string of the molecule is CN=C(NCCOc1ccccc1)NCc1ccc2c(c1)OCCCO2.I. The maximum atomic E-state index is 5.73. The van der Waals surface area contributed by atoms with Crippen LogP contribution in [0.1, 0.15) is 12.0 Å². The largest absolute Gasteiger partial charge is 0.492 e. The lowest BCUT2D eigenvalue weighted by Gasteiger charge is -2.14. The summed E-state index contributed by atoms with van der Waals surface area (Å²) >= 11 is 0. The van der Waals surface area contributed by atoms with Crippen LogP contribution in [-0.2, 0) is 6.54 Å². The van der Waals surface area contributed by atoms with Gasteiger partial charge in [-0.25, -0.2) is 0 Å². The number of ether oxygens (including phenoxy) is 3. The Morgan fingerprint density at radius 2 is 1.81 bits per heavy atom. The Hall–Kier alpha value is -2.16. The van der Waals surface area contributed by atoms with Crippen LogP contribution in [0.3, 0.4) is 0 Å². The molecule has 0 atom stereocenters. The zero-order valence-corrected chi connectivity index (χ0v) is 17.8. The Morgan fingerprint density at radius 3 is 2.59 bits per heavy atom. The van der Waals surface area contributed by atoms with Crippen LogP contribution in [-0.4, -0.2) is 39.4 Å². The van der Waals surface area contributed by atoms with E-state index in [9.17, 15) is 0 Å². The first kappa shape index (κ1) is 21.1. The molecule has 2 aromatic carbocycles. The Kier molecular flexibility index (Phi) is 9.03. The molecule has 0 radical (unpaired) electrons. The first-order valence-corrected chi connectivity index (χ1v) is 8.86. The molecule has 0 amide bonds. The number of halogens is 1. The smallest absolute Gasteiger partial charge is 0.191 e. The van der Waals surface area contributed by atoms with Crippen molar-refractivity contribution in [3.05, 3.63) is 54.1 Å². The first-order valence-electron chi connectivity index (χ1n) is 8.86. The highest BCUT2D eigenvalue weighted by molar-refractivity contribution is 14.0. The third kappa shape index (κ3) is 6.82. The van der Waals surface area contributed by atoms with Crippen molar-refractivity contribution < 1.29 is 14.2 Å². The van der Waals surface area contributed by atoms with Gasteiger partial charge in [0.1, 0.15) is 12.4 Å². The van der Waals surface area contributed by atoms with E-state index in [0.29, 0.717) is 32.9 Å². The summed E-state index contributed by atoms with van der Waals surface area (Å²) in [6, 6.07) is 15.8. The van der Waals surface area contributed by atoms with E-state index in [4.69, 9.17) is 14.2 Å². The van der Waals surface area contributed by atoms with Crippen LogP contribution in [0.25, 0.3) is 0 Å². The lowest BCUT2D eigenvalue weighted by Crippen LogP contribution is -2.38. The molecule has 0 saturated carbocycles. The molecule has 27 heavy (non-hydrogen) atoms. The molecule has 0 unspecified atom stereocenters. The molecule has 146 valence electrons. The van der Waals surface area contributed by atoms with Gasteiger partial charge in [0.25, 0.3) is 0 Å². The molecule has 2 aromatic rings. The second-order valence-electron chi connectivity index (χ2n) is 5.85. The van der Waals surface area contributed by atoms with Gasteiger partial charge in [-0.15, -0.1) is 24.0 Å². The van der Waals surface area contributed by atoms with Crippen LogP contribution >= 0.6 is 24.0 Å². The number of fused-ring (bicyclic) bond motifs is 1. The maximum Gasteiger partial charge on any atom is 0.191 e. The minimum absolute atomic E-state index is 0. The minimum Gasteiger partial charge on any atom is -0.492 e. The van der Waals surface area contributed by atoms with Gasteiger partial charge in [-0.2, -0.15) is 0 Å². The number of nitrogens with one attached hydrogen (secondary N) is 2. The van der Waals surface area contributed by atoms with E-state index in [1.54, 1.807) is 7.05 Å². The summed E-state index contributed by atoms with van der Waals surface area (Å²) in [6.45, 7) is 3.26. The van der Waals surface area contributed by atoms with Gasteiger partial charge in [0.15, 0.2) is 17.5 Å². The van der Waals surface area contributed by atoms with Crippen molar-refractivity contribution in [3.63, 3.8) is 0 Å². The summed E-state index contributed by atoms with van der Waals surface area (Å²) in [5.41, 5.74) is 1.11. The van der Waals surface area contributed by atoms with Crippen molar-refractivity contribution >= 4 is 29.9 Å². The van der Waals surface area contributed by atoms with E-state index in [1.807, 2.05) is 48.5 Å². The highest BCUT2D eigenvalue weighted by atomic mass is 127. The van der Waals surface area contributed by atoms with E-state index < -0.39 is 0 Å². The number of aliphatic imine (C=N–C) groups is 1. The van der Waals surface area contributed by atoms with Gasteiger partial charge in [-0.1, -0.05) is 24.3 Å². The number of benzene rings is 2. The lowest BCUT2D eigenvalue weighted by molar-refractivity contribution is 0.297. The van der Waals surface area contributed by atoms with Gasteiger partial charge in [0, 0.05) is 20.0 Å². The Bertz CT molecular complexity index is 726. The molecular formula is C20H26IN3O3. The molecule has 0 saturated heterocycles. The summed E-state index contributed by atoms with van der Waals surface area (Å²) in [7, 11) is 1.75. The van der Waals surface area contributed by atoms with Crippen LogP contribution in [0.15, 0.2) is 53.5 Å². The molecule has 1 aliphatic rings.